The predicted molar refractivity (Wildman–Crippen MR) is 69.1 cm³/mol. The van der Waals surface area contributed by atoms with Gasteiger partial charge in [-0.25, -0.2) is 0 Å². The van der Waals surface area contributed by atoms with Crippen molar-refractivity contribution in [1.29, 1.82) is 0 Å². The van der Waals surface area contributed by atoms with Gasteiger partial charge in [-0.3, -0.25) is 0 Å². The van der Waals surface area contributed by atoms with E-state index in [1.165, 1.54) is 18.4 Å². The summed E-state index contributed by atoms with van der Waals surface area (Å²) in [7, 11) is 0. The van der Waals surface area contributed by atoms with Gasteiger partial charge in [-0.1, -0.05) is 6.07 Å². The summed E-state index contributed by atoms with van der Waals surface area (Å²) in [5, 5.41) is 3.48. The van der Waals surface area contributed by atoms with Gasteiger partial charge >= 0.3 is 0 Å². The van der Waals surface area contributed by atoms with E-state index in [1.807, 2.05) is 0 Å². The Labute approximate surface area is 107 Å². The quantitative estimate of drug-likeness (QED) is 0.812. The second-order valence-corrected chi connectivity index (χ2v) is 5.03. The molecule has 1 aromatic rings. The molecule has 1 saturated heterocycles. The third-order valence-electron chi connectivity index (χ3n) is 2.41. The first kappa shape index (κ1) is 12.5. The second kappa shape index (κ2) is 5.50. The van der Waals surface area contributed by atoms with E-state index in [4.69, 9.17) is 0 Å². The third-order valence-corrected chi connectivity index (χ3v) is 4.29. The average molecular weight is 341 g/mol. The summed E-state index contributed by atoms with van der Waals surface area (Å²) in [6, 6.07) is 7.02. The van der Waals surface area contributed by atoms with Crippen LogP contribution in [0.3, 0.4) is 0 Å². The van der Waals surface area contributed by atoms with Gasteiger partial charge in [0.15, 0.2) is 0 Å². The molecular weight excluding hydrogens is 329 g/mol. The number of benzene rings is 1. The van der Waals surface area contributed by atoms with Crippen molar-refractivity contribution < 1.29 is 0 Å². The molecule has 0 amide bonds. The molecule has 1 nitrogen and oxygen atoms in total. The summed E-state index contributed by atoms with van der Waals surface area (Å²) in [6.45, 7) is 1.15. The molecule has 1 heterocycles. The second-order valence-electron chi connectivity index (χ2n) is 3.32. The van der Waals surface area contributed by atoms with Crippen LogP contribution in [0.15, 0.2) is 27.1 Å². The van der Waals surface area contributed by atoms with Gasteiger partial charge in [0.1, 0.15) is 0 Å². The summed E-state index contributed by atoms with van der Waals surface area (Å²) in [5.41, 5.74) is 1.38. The van der Waals surface area contributed by atoms with Crippen molar-refractivity contribution in [3.63, 3.8) is 0 Å². The minimum absolute atomic E-state index is 0. The van der Waals surface area contributed by atoms with Gasteiger partial charge in [0.05, 0.1) is 0 Å². The van der Waals surface area contributed by atoms with Crippen LogP contribution in [0, 0.1) is 0 Å². The van der Waals surface area contributed by atoms with E-state index in [2.05, 4.69) is 55.4 Å². The highest BCUT2D eigenvalue weighted by Gasteiger charge is 2.16. The van der Waals surface area contributed by atoms with Crippen molar-refractivity contribution >= 4 is 44.3 Å². The predicted octanol–water partition coefficient (Wildman–Crippen LogP) is 4.06. The van der Waals surface area contributed by atoms with Gasteiger partial charge in [-0.05, 0) is 68.9 Å². The topological polar surface area (TPSA) is 12.0 Å². The third kappa shape index (κ3) is 2.72. The lowest BCUT2D eigenvalue weighted by molar-refractivity contribution is 0.647. The molecule has 78 valence electrons. The van der Waals surface area contributed by atoms with Crippen LogP contribution in [0.1, 0.15) is 24.4 Å². The maximum Gasteiger partial charge on any atom is 0.0321 e. The number of hydrogen-bond acceptors (Lipinski definition) is 1. The number of nitrogens with one attached hydrogen (secondary N) is 1. The SMILES string of the molecule is Brc1ccc([C@H]2CCCN2)cc1Br.Cl. The standard InChI is InChI=1S/C10H11Br2N.ClH/c11-8-4-3-7(6-9(8)12)10-2-1-5-13-10;/h3-4,6,10,13H,1-2,5H2;1H/t10-;/m1./s1. The monoisotopic (exact) mass is 339 g/mol. The fraction of sp³-hybridized carbons (Fsp3) is 0.400. The Morgan fingerprint density at radius 3 is 2.57 bits per heavy atom. The van der Waals surface area contributed by atoms with Gasteiger partial charge < -0.3 is 5.32 Å². The van der Waals surface area contributed by atoms with E-state index in [0.29, 0.717) is 6.04 Å². The fourth-order valence-electron chi connectivity index (χ4n) is 1.70. The van der Waals surface area contributed by atoms with Crippen LogP contribution in [0.4, 0.5) is 0 Å². The molecule has 0 saturated carbocycles. The summed E-state index contributed by atoms with van der Waals surface area (Å²) in [5.74, 6) is 0. The fourth-order valence-corrected chi connectivity index (χ4v) is 2.34. The molecule has 2 rings (SSSR count). The van der Waals surface area contributed by atoms with Crippen LogP contribution in [0.5, 0.6) is 0 Å². The van der Waals surface area contributed by atoms with Gasteiger partial charge in [-0.2, -0.15) is 0 Å². The van der Waals surface area contributed by atoms with Crippen LogP contribution < -0.4 is 5.32 Å². The van der Waals surface area contributed by atoms with Crippen LogP contribution in [0.2, 0.25) is 0 Å². The first-order valence-corrected chi connectivity index (χ1v) is 6.04. The van der Waals surface area contributed by atoms with Crippen LogP contribution in [0.25, 0.3) is 0 Å². The molecule has 1 aliphatic rings. The summed E-state index contributed by atoms with van der Waals surface area (Å²) in [4.78, 5) is 0. The molecule has 0 aromatic heterocycles. The van der Waals surface area contributed by atoms with Gasteiger partial charge in [0.25, 0.3) is 0 Å². The van der Waals surface area contributed by atoms with E-state index in [-0.39, 0.29) is 12.4 Å². The maximum atomic E-state index is 3.52. The largest absolute Gasteiger partial charge is 0.310 e. The lowest BCUT2D eigenvalue weighted by Gasteiger charge is -2.11. The van der Waals surface area contributed by atoms with Crippen molar-refractivity contribution in [3.8, 4) is 0 Å². The van der Waals surface area contributed by atoms with E-state index in [0.717, 1.165) is 15.5 Å². The minimum atomic E-state index is 0. The molecule has 1 fully saturated rings. The Bertz CT molecular complexity index is 311. The molecule has 0 spiro atoms. The van der Waals surface area contributed by atoms with Crippen molar-refractivity contribution in [3.05, 3.63) is 32.7 Å². The summed E-state index contributed by atoms with van der Waals surface area (Å²) >= 11 is 6.99. The van der Waals surface area contributed by atoms with E-state index >= 15 is 0 Å². The number of halogens is 3. The zero-order chi connectivity index (χ0) is 9.26. The highest BCUT2D eigenvalue weighted by Crippen LogP contribution is 2.29. The Hall–Kier alpha value is 0.430. The van der Waals surface area contributed by atoms with Gasteiger partial charge in [0.2, 0.25) is 0 Å². The first-order valence-electron chi connectivity index (χ1n) is 4.46. The molecule has 1 aliphatic heterocycles. The molecular formula is C10H12Br2ClN. The molecule has 0 bridgehead atoms. The zero-order valence-electron chi connectivity index (χ0n) is 7.59. The van der Waals surface area contributed by atoms with Crippen molar-refractivity contribution in [2.75, 3.05) is 6.54 Å². The van der Waals surface area contributed by atoms with E-state index in [1.54, 1.807) is 0 Å². The Morgan fingerprint density at radius 1 is 1.21 bits per heavy atom. The smallest absolute Gasteiger partial charge is 0.0321 e. The average Bonchev–Trinajstić information content (AvgIpc) is 2.62. The first-order chi connectivity index (χ1) is 6.27. The van der Waals surface area contributed by atoms with E-state index in [9.17, 15) is 0 Å². The van der Waals surface area contributed by atoms with Crippen LogP contribution in [-0.4, -0.2) is 6.54 Å². The molecule has 4 heteroatoms. The lowest BCUT2D eigenvalue weighted by Crippen LogP contribution is -2.12. The molecule has 0 aliphatic carbocycles. The molecule has 0 radical (unpaired) electrons. The maximum absolute atomic E-state index is 3.52. The van der Waals surface area contributed by atoms with Crippen molar-refractivity contribution in [2.45, 2.75) is 18.9 Å². The van der Waals surface area contributed by atoms with Crippen molar-refractivity contribution in [2.24, 2.45) is 0 Å². The minimum Gasteiger partial charge on any atom is -0.310 e. The Kier molecular flexibility index (Phi) is 4.91. The Balaban J connectivity index is 0.000000980. The summed E-state index contributed by atoms with van der Waals surface area (Å²) < 4.78 is 2.26. The van der Waals surface area contributed by atoms with Gasteiger partial charge in [0, 0.05) is 15.0 Å². The van der Waals surface area contributed by atoms with Crippen molar-refractivity contribution in [1.82, 2.24) is 5.32 Å². The zero-order valence-corrected chi connectivity index (χ0v) is 11.6. The Morgan fingerprint density at radius 2 is 2.00 bits per heavy atom. The number of hydrogen-bond donors (Lipinski definition) is 1. The lowest BCUT2D eigenvalue weighted by atomic mass is 10.1. The van der Waals surface area contributed by atoms with Gasteiger partial charge in [-0.15, -0.1) is 12.4 Å². The molecule has 1 aromatic carbocycles. The molecule has 1 atom stereocenters. The molecule has 0 unspecified atom stereocenters. The van der Waals surface area contributed by atoms with Crippen LogP contribution >= 0.6 is 44.3 Å². The summed E-state index contributed by atoms with van der Waals surface area (Å²) in [6.07, 6.45) is 2.55. The van der Waals surface area contributed by atoms with Crippen LogP contribution in [-0.2, 0) is 0 Å². The molecule has 1 N–H and O–H groups in total. The highest BCUT2D eigenvalue weighted by molar-refractivity contribution is 9.13. The molecule has 14 heavy (non-hydrogen) atoms. The highest BCUT2D eigenvalue weighted by atomic mass is 79.9. The van der Waals surface area contributed by atoms with E-state index < -0.39 is 0 Å². The normalized spacial score (nSPS) is 20.6. The number of rotatable bonds is 1.